The van der Waals surface area contributed by atoms with Gasteiger partial charge in [0.1, 0.15) is 0 Å². The predicted molar refractivity (Wildman–Crippen MR) is 27.1 cm³/mol. The SMILES string of the molecule is N/C=C/CBr. The third-order valence-corrected chi connectivity index (χ3v) is 0.599. The number of nitrogens with two attached hydrogens (primary N) is 1. The van der Waals surface area contributed by atoms with Crippen LogP contribution < -0.4 is 5.73 Å². The molecule has 0 aliphatic heterocycles. The molecule has 0 unspecified atom stereocenters. The number of hydrogen-bond acceptors (Lipinski definition) is 1. The smallest absolute Gasteiger partial charge is 0.0228 e. The van der Waals surface area contributed by atoms with Gasteiger partial charge in [0.2, 0.25) is 0 Å². The zero-order valence-corrected chi connectivity index (χ0v) is 4.40. The minimum atomic E-state index is 0.851. The zero-order valence-electron chi connectivity index (χ0n) is 2.82. The topological polar surface area (TPSA) is 26.0 Å². The van der Waals surface area contributed by atoms with Crippen molar-refractivity contribution in [2.24, 2.45) is 5.73 Å². The van der Waals surface area contributed by atoms with E-state index in [-0.39, 0.29) is 0 Å². The van der Waals surface area contributed by atoms with Crippen molar-refractivity contribution >= 4 is 15.9 Å². The largest absolute Gasteiger partial charge is 0.405 e. The van der Waals surface area contributed by atoms with Gasteiger partial charge < -0.3 is 5.73 Å². The molecule has 0 bridgehead atoms. The summed E-state index contributed by atoms with van der Waals surface area (Å²) in [5, 5.41) is 0.851. The molecular weight excluding hydrogens is 130 g/mol. The first kappa shape index (κ1) is 5.02. The molecule has 0 fully saturated rings. The lowest BCUT2D eigenvalue weighted by atomic mass is 10.7. The lowest BCUT2D eigenvalue weighted by molar-refractivity contribution is 1.57. The van der Waals surface area contributed by atoms with Crippen LogP contribution in [0.3, 0.4) is 0 Å². The van der Waals surface area contributed by atoms with Gasteiger partial charge in [-0.05, 0) is 6.20 Å². The second kappa shape index (κ2) is 4.02. The van der Waals surface area contributed by atoms with E-state index in [1.807, 2.05) is 6.08 Å². The maximum atomic E-state index is 4.93. The van der Waals surface area contributed by atoms with Crippen molar-refractivity contribution in [3.05, 3.63) is 12.3 Å². The number of allylic oxidation sites excluding steroid dienone is 1. The van der Waals surface area contributed by atoms with Gasteiger partial charge in [0.15, 0.2) is 0 Å². The van der Waals surface area contributed by atoms with E-state index in [1.54, 1.807) is 0 Å². The Kier molecular flexibility index (Phi) is 4.04. The monoisotopic (exact) mass is 135 g/mol. The van der Waals surface area contributed by atoms with Gasteiger partial charge in [0.25, 0.3) is 0 Å². The maximum Gasteiger partial charge on any atom is 0.0228 e. The Morgan fingerprint density at radius 2 is 2.40 bits per heavy atom. The summed E-state index contributed by atoms with van der Waals surface area (Å²) in [5.41, 5.74) is 4.93. The van der Waals surface area contributed by atoms with Crippen LogP contribution in [0, 0.1) is 0 Å². The molecule has 0 saturated carbocycles. The Morgan fingerprint density at radius 3 is 2.40 bits per heavy atom. The highest BCUT2D eigenvalue weighted by atomic mass is 79.9. The lowest BCUT2D eigenvalue weighted by Gasteiger charge is -1.64. The molecule has 0 saturated heterocycles. The second-order valence-corrected chi connectivity index (χ2v) is 1.23. The molecule has 0 aromatic heterocycles. The summed E-state index contributed by atoms with van der Waals surface area (Å²) in [4.78, 5) is 0. The van der Waals surface area contributed by atoms with E-state index in [9.17, 15) is 0 Å². The van der Waals surface area contributed by atoms with Gasteiger partial charge in [0.05, 0.1) is 0 Å². The first-order chi connectivity index (χ1) is 2.41. The molecule has 1 nitrogen and oxygen atoms in total. The summed E-state index contributed by atoms with van der Waals surface area (Å²) in [7, 11) is 0. The van der Waals surface area contributed by atoms with Gasteiger partial charge in [-0.15, -0.1) is 0 Å². The average Bonchev–Trinajstić information content (AvgIpc) is 1.41. The van der Waals surface area contributed by atoms with Crippen molar-refractivity contribution in [1.29, 1.82) is 0 Å². The third-order valence-electron chi connectivity index (χ3n) is 0.225. The molecule has 5 heavy (non-hydrogen) atoms. The van der Waals surface area contributed by atoms with Crippen molar-refractivity contribution in [2.75, 3.05) is 5.33 Å². The Hall–Kier alpha value is 0.0200. The van der Waals surface area contributed by atoms with Crippen LogP contribution in [-0.2, 0) is 0 Å². The second-order valence-electron chi connectivity index (χ2n) is 0.582. The van der Waals surface area contributed by atoms with Crippen molar-refractivity contribution in [3.63, 3.8) is 0 Å². The maximum absolute atomic E-state index is 4.93. The Morgan fingerprint density at radius 1 is 1.80 bits per heavy atom. The first-order valence-electron chi connectivity index (χ1n) is 1.34. The fourth-order valence-electron chi connectivity index (χ4n) is 0.0514. The zero-order chi connectivity index (χ0) is 4.12. The Bertz CT molecular complexity index is 33.9. The van der Waals surface area contributed by atoms with E-state index in [2.05, 4.69) is 15.9 Å². The molecule has 0 aromatic carbocycles. The molecule has 0 aromatic rings. The number of halogens is 1. The third kappa shape index (κ3) is 4.02. The van der Waals surface area contributed by atoms with Gasteiger partial charge in [-0.3, -0.25) is 0 Å². The van der Waals surface area contributed by atoms with Crippen LogP contribution in [-0.4, -0.2) is 5.33 Å². The molecule has 0 aliphatic carbocycles. The number of rotatable bonds is 1. The predicted octanol–water partition coefficient (Wildman–Crippen LogP) is 0.854. The summed E-state index contributed by atoms with van der Waals surface area (Å²) >= 11 is 3.14. The standard InChI is InChI=1S/C3H6BrN/c4-2-1-3-5/h1,3H,2,5H2/b3-1+. The molecule has 0 spiro atoms. The van der Waals surface area contributed by atoms with Crippen molar-refractivity contribution in [3.8, 4) is 0 Å². The minimum absolute atomic E-state index is 0.851. The van der Waals surface area contributed by atoms with Crippen LogP contribution in [0.25, 0.3) is 0 Å². The highest BCUT2D eigenvalue weighted by Crippen LogP contribution is 1.75. The molecule has 30 valence electrons. The lowest BCUT2D eigenvalue weighted by Crippen LogP contribution is -1.73. The van der Waals surface area contributed by atoms with Gasteiger partial charge in [-0.1, -0.05) is 22.0 Å². The summed E-state index contributed by atoms with van der Waals surface area (Å²) in [6.07, 6.45) is 3.33. The van der Waals surface area contributed by atoms with E-state index in [4.69, 9.17) is 5.73 Å². The molecule has 0 heterocycles. The van der Waals surface area contributed by atoms with Crippen molar-refractivity contribution < 1.29 is 0 Å². The molecule has 0 radical (unpaired) electrons. The van der Waals surface area contributed by atoms with Crippen LogP contribution in [0.15, 0.2) is 12.3 Å². The fraction of sp³-hybridized carbons (Fsp3) is 0.333. The van der Waals surface area contributed by atoms with Crippen LogP contribution in [0.5, 0.6) is 0 Å². The van der Waals surface area contributed by atoms with Crippen molar-refractivity contribution in [1.82, 2.24) is 0 Å². The van der Waals surface area contributed by atoms with E-state index >= 15 is 0 Å². The number of hydrogen-bond donors (Lipinski definition) is 1. The molecule has 0 rings (SSSR count). The highest BCUT2D eigenvalue weighted by Gasteiger charge is 1.54. The Labute approximate surface area is 40.0 Å². The van der Waals surface area contributed by atoms with E-state index in [0.29, 0.717) is 0 Å². The molecule has 2 N–H and O–H groups in total. The average molecular weight is 136 g/mol. The fourth-order valence-corrected chi connectivity index (χ4v) is 0.267. The first-order valence-corrected chi connectivity index (χ1v) is 2.46. The molecule has 2 heteroatoms. The van der Waals surface area contributed by atoms with Crippen LogP contribution in [0.4, 0.5) is 0 Å². The van der Waals surface area contributed by atoms with E-state index in [1.165, 1.54) is 6.20 Å². The summed E-state index contributed by atoms with van der Waals surface area (Å²) < 4.78 is 0. The summed E-state index contributed by atoms with van der Waals surface area (Å²) in [6, 6.07) is 0. The van der Waals surface area contributed by atoms with Crippen LogP contribution in [0.2, 0.25) is 0 Å². The highest BCUT2D eigenvalue weighted by molar-refractivity contribution is 9.09. The van der Waals surface area contributed by atoms with E-state index < -0.39 is 0 Å². The molecular formula is C3H6BrN. The minimum Gasteiger partial charge on any atom is -0.405 e. The van der Waals surface area contributed by atoms with Crippen molar-refractivity contribution in [2.45, 2.75) is 0 Å². The van der Waals surface area contributed by atoms with Gasteiger partial charge in [0, 0.05) is 5.33 Å². The normalized spacial score (nSPS) is 9.80. The van der Waals surface area contributed by atoms with Crippen LogP contribution in [0.1, 0.15) is 0 Å². The van der Waals surface area contributed by atoms with Crippen LogP contribution >= 0.6 is 15.9 Å². The van der Waals surface area contributed by atoms with Gasteiger partial charge in [-0.2, -0.15) is 0 Å². The van der Waals surface area contributed by atoms with Gasteiger partial charge in [-0.25, -0.2) is 0 Å². The molecule has 0 amide bonds. The quantitative estimate of drug-likeness (QED) is 0.531. The summed E-state index contributed by atoms with van der Waals surface area (Å²) in [5.74, 6) is 0. The van der Waals surface area contributed by atoms with E-state index in [0.717, 1.165) is 5.33 Å². The molecule has 0 aliphatic rings. The summed E-state index contributed by atoms with van der Waals surface area (Å²) in [6.45, 7) is 0. The number of alkyl halides is 1. The Balaban J connectivity index is 2.62. The van der Waals surface area contributed by atoms with Gasteiger partial charge >= 0.3 is 0 Å². The molecule has 0 atom stereocenters.